The highest BCUT2D eigenvalue weighted by molar-refractivity contribution is 9.10. The second kappa shape index (κ2) is 11.3. The van der Waals surface area contributed by atoms with Gasteiger partial charge in [0.1, 0.15) is 11.6 Å². The largest absolute Gasteiger partial charge is 0.481 e. The molecule has 0 bridgehead atoms. The summed E-state index contributed by atoms with van der Waals surface area (Å²) in [4.78, 5) is 30.1. The summed E-state index contributed by atoms with van der Waals surface area (Å²) in [6.07, 6.45) is -0.745. The van der Waals surface area contributed by atoms with E-state index in [1.807, 2.05) is 0 Å². The van der Waals surface area contributed by atoms with Crippen molar-refractivity contribution in [2.24, 2.45) is 0 Å². The first-order valence-corrected chi connectivity index (χ1v) is 11.3. The molecule has 0 fully saturated rings. The fourth-order valence-corrected chi connectivity index (χ4v) is 3.90. The Morgan fingerprint density at radius 2 is 1.97 bits per heavy atom. The predicted molar refractivity (Wildman–Crippen MR) is 132 cm³/mol. The number of aryl methyl sites for hydroxylation is 1. The van der Waals surface area contributed by atoms with Gasteiger partial charge in [-0.1, -0.05) is 11.6 Å². The van der Waals surface area contributed by atoms with Crippen molar-refractivity contribution in [1.29, 1.82) is 0 Å². The molecule has 0 saturated carbocycles. The normalized spacial score (nSPS) is 10.7. The van der Waals surface area contributed by atoms with Crippen LogP contribution in [0.1, 0.15) is 22.3 Å². The Morgan fingerprint density at radius 3 is 2.66 bits per heavy atom. The molecule has 1 heterocycles. The third kappa shape index (κ3) is 6.37. The van der Waals surface area contributed by atoms with Crippen molar-refractivity contribution in [3.8, 4) is 5.88 Å². The minimum Gasteiger partial charge on any atom is -0.481 e. The van der Waals surface area contributed by atoms with Crippen molar-refractivity contribution in [3.05, 3.63) is 74.7 Å². The Morgan fingerprint density at radius 1 is 1.23 bits per heavy atom. The summed E-state index contributed by atoms with van der Waals surface area (Å²) in [5.41, 5.74) is 6.90. The maximum absolute atomic E-state index is 13.7. The Balaban J connectivity index is 1.88. The van der Waals surface area contributed by atoms with Crippen molar-refractivity contribution in [2.75, 3.05) is 29.6 Å². The molecule has 0 saturated heterocycles. The molecule has 0 unspecified atom stereocenters. The number of methoxy groups -OCH3 is 1. The second-order valence-electron chi connectivity index (χ2n) is 7.31. The first kappa shape index (κ1) is 26.2. The van der Waals surface area contributed by atoms with Crippen molar-refractivity contribution in [2.45, 2.75) is 12.8 Å². The Kier molecular flexibility index (Phi) is 8.47. The highest BCUT2D eigenvalue weighted by atomic mass is 79.9. The van der Waals surface area contributed by atoms with E-state index in [0.29, 0.717) is 17.7 Å². The van der Waals surface area contributed by atoms with E-state index in [0.717, 1.165) is 17.0 Å². The Bertz CT molecular complexity index is 1280. The molecule has 35 heavy (non-hydrogen) atoms. The second-order valence-corrected chi connectivity index (χ2v) is 8.57. The average molecular weight is 570 g/mol. The number of amides is 2. The molecule has 1 aromatic heterocycles. The van der Waals surface area contributed by atoms with E-state index in [9.17, 15) is 23.5 Å². The summed E-state index contributed by atoms with van der Waals surface area (Å²) in [7, 11) is 1.36. The lowest BCUT2D eigenvalue weighted by molar-refractivity contribution is 0.102. The summed E-state index contributed by atoms with van der Waals surface area (Å²) in [6, 6.07) is 9.04. The number of benzene rings is 2. The number of nitrogens with zero attached hydrogens (tertiary/aromatic N) is 2. The molecule has 0 atom stereocenters. The monoisotopic (exact) mass is 568 g/mol. The first-order valence-electron chi connectivity index (χ1n) is 10.2. The molecule has 4 N–H and O–H groups in total. The van der Waals surface area contributed by atoms with Gasteiger partial charge in [0.15, 0.2) is 5.82 Å². The molecule has 0 aliphatic rings. The van der Waals surface area contributed by atoms with Gasteiger partial charge in [0.2, 0.25) is 5.88 Å². The smallest absolute Gasteiger partial charge is 0.413 e. The van der Waals surface area contributed by atoms with E-state index in [4.69, 9.17) is 22.1 Å². The van der Waals surface area contributed by atoms with Gasteiger partial charge in [0.05, 0.1) is 23.4 Å². The van der Waals surface area contributed by atoms with Crippen LogP contribution < -0.4 is 20.7 Å². The van der Waals surface area contributed by atoms with Crippen LogP contribution in [-0.2, 0) is 6.42 Å². The van der Waals surface area contributed by atoms with Gasteiger partial charge in [0, 0.05) is 22.8 Å². The molecular formula is C23H20BrClF2N4O4. The van der Waals surface area contributed by atoms with Gasteiger partial charge >= 0.3 is 6.09 Å². The van der Waals surface area contributed by atoms with E-state index in [1.165, 1.54) is 37.4 Å². The van der Waals surface area contributed by atoms with Crippen LogP contribution >= 0.6 is 27.5 Å². The highest BCUT2D eigenvalue weighted by Crippen LogP contribution is 2.30. The topological polar surface area (TPSA) is 118 Å². The van der Waals surface area contributed by atoms with E-state index >= 15 is 0 Å². The van der Waals surface area contributed by atoms with E-state index < -0.39 is 23.6 Å². The molecule has 3 aromatic rings. The van der Waals surface area contributed by atoms with Gasteiger partial charge in [0.25, 0.3) is 5.91 Å². The number of nitrogens with two attached hydrogens (primary N) is 1. The molecule has 0 spiro atoms. The maximum atomic E-state index is 13.7. The molecule has 0 aliphatic heterocycles. The van der Waals surface area contributed by atoms with Crippen molar-refractivity contribution in [3.63, 3.8) is 0 Å². The number of hydrogen-bond acceptors (Lipinski definition) is 5. The quantitative estimate of drug-likeness (QED) is 0.235. The van der Waals surface area contributed by atoms with Crippen molar-refractivity contribution < 1.29 is 28.2 Å². The number of pyridine rings is 1. The predicted octanol–water partition coefficient (Wildman–Crippen LogP) is 5.74. The Labute approximate surface area is 212 Å². The molecule has 2 amide bonds. The van der Waals surface area contributed by atoms with Crippen LogP contribution in [0, 0.1) is 11.6 Å². The van der Waals surface area contributed by atoms with Gasteiger partial charge in [-0.2, -0.15) is 4.98 Å². The zero-order chi connectivity index (χ0) is 25.7. The molecule has 0 radical (unpaired) electrons. The fraction of sp³-hybridized carbons (Fsp3) is 0.174. The SMILES string of the molecule is COc1ccc(NC(=O)c2cc(Cl)c(F)cc2Br)c(N(CCCc2cc(F)ccc2N)C(=O)O)n1. The van der Waals surface area contributed by atoms with Crippen LogP contribution in [0.3, 0.4) is 0 Å². The molecular weight excluding hydrogens is 550 g/mol. The van der Waals surface area contributed by atoms with Gasteiger partial charge in [-0.3, -0.25) is 9.69 Å². The summed E-state index contributed by atoms with van der Waals surface area (Å²) < 4.78 is 32.5. The van der Waals surface area contributed by atoms with Gasteiger partial charge in [-0.25, -0.2) is 13.6 Å². The number of ether oxygens (including phenoxy) is 1. The number of carboxylic acid groups (broad SMARTS) is 1. The van der Waals surface area contributed by atoms with Crippen molar-refractivity contribution >= 4 is 56.7 Å². The average Bonchev–Trinajstić information content (AvgIpc) is 2.81. The zero-order valence-corrected chi connectivity index (χ0v) is 20.7. The molecule has 3 rings (SSSR count). The minimum absolute atomic E-state index is 0.0293. The number of carbonyl (C=O) groups excluding carboxylic acids is 1. The number of nitrogen functional groups attached to an aromatic ring is 1. The van der Waals surface area contributed by atoms with Crippen LogP contribution in [0.4, 0.5) is 30.8 Å². The molecule has 0 aliphatic carbocycles. The van der Waals surface area contributed by atoms with E-state index in [1.54, 1.807) is 0 Å². The summed E-state index contributed by atoms with van der Waals surface area (Å²) in [6.45, 7) is -0.0413. The lowest BCUT2D eigenvalue weighted by Gasteiger charge is -2.22. The number of aromatic nitrogens is 1. The zero-order valence-electron chi connectivity index (χ0n) is 18.3. The summed E-state index contributed by atoms with van der Waals surface area (Å²) >= 11 is 8.92. The molecule has 12 heteroatoms. The number of nitrogens with one attached hydrogen (secondary N) is 1. The highest BCUT2D eigenvalue weighted by Gasteiger charge is 2.23. The number of rotatable bonds is 8. The summed E-state index contributed by atoms with van der Waals surface area (Å²) in [5, 5.41) is 12.2. The van der Waals surface area contributed by atoms with E-state index in [2.05, 4.69) is 26.2 Å². The molecule has 184 valence electrons. The fourth-order valence-electron chi connectivity index (χ4n) is 3.24. The standard InChI is InChI=1S/C23H20BrClF2N4O4/c1-35-20-7-6-19(29-22(32)14-10-16(25)17(27)11-15(14)24)21(30-20)31(23(33)34)8-2-3-12-9-13(26)4-5-18(12)28/h4-7,9-11H,2-3,8,28H2,1H3,(H,29,32)(H,33,34). The van der Waals surface area contributed by atoms with Gasteiger partial charge in [-0.05, 0) is 70.7 Å². The van der Waals surface area contributed by atoms with Gasteiger partial charge in [-0.15, -0.1) is 0 Å². The molecule has 8 nitrogen and oxygen atoms in total. The number of hydrogen-bond donors (Lipinski definition) is 3. The van der Waals surface area contributed by atoms with Crippen LogP contribution in [0.5, 0.6) is 5.88 Å². The number of anilines is 3. The Hall–Kier alpha value is -3.44. The number of carbonyl (C=O) groups is 2. The van der Waals surface area contributed by atoms with Crippen LogP contribution in [0.15, 0.2) is 46.9 Å². The maximum Gasteiger partial charge on any atom is 0.413 e. The summed E-state index contributed by atoms with van der Waals surface area (Å²) in [5.74, 6) is -1.81. The van der Waals surface area contributed by atoms with Crippen molar-refractivity contribution in [1.82, 2.24) is 4.98 Å². The van der Waals surface area contributed by atoms with Crippen LogP contribution in [-0.4, -0.2) is 35.7 Å². The lowest BCUT2D eigenvalue weighted by Crippen LogP contribution is -2.32. The first-order chi connectivity index (χ1) is 16.6. The third-order valence-corrected chi connectivity index (χ3v) is 5.93. The van der Waals surface area contributed by atoms with Gasteiger partial charge < -0.3 is 20.9 Å². The number of halogens is 4. The van der Waals surface area contributed by atoms with Crippen LogP contribution in [0.2, 0.25) is 5.02 Å². The third-order valence-electron chi connectivity index (χ3n) is 4.98. The lowest BCUT2D eigenvalue weighted by atomic mass is 10.1. The van der Waals surface area contributed by atoms with E-state index in [-0.39, 0.29) is 45.4 Å². The van der Waals surface area contributed by atoms with Crippen LogP contribution in [0.25, 0.3) is 0 Å². The minimum atomic E-state index is -1.33. The molecule has 2 aromatic carbocycles.